The summed E-state index contributed by atoms with van der Waals surface area (Å²) in [6, 6.07) is 9.68. The summed E-state index contributed by atoms with van der Waals surface area (Å²) in [4.78, 5) is 4.04. The standard InChI is InChI=1S/C13H15N3O3S/c1-19-11-5-2-4-10(8-11)16-20(17,18)13-6-3-7-15-12(13)9-14/h2-8,16H,9,14H2,1H3. The summed E-state index contributed by atoms with van der Waals surface area (Å²) in [7, 11) is -2.21. The number of methoxy groups -OCH3 is 1. The number of hydrogen-bond donors (Lipinski definition) is 2. The quantitative estimate of drug-likeness (QED) is 0.867. The van der Waals surface area contributed by atoms with Crippen LogP contribution in [0, 0.1) is 0 Å². The van der Waals surface area contributed by atoms with Gasteiger partial charge in [-0.15, -0.1) is 0 Å². The van der Waals surface area contributed by atoms with E-state index in [1.807, 2.05) is 0 Å². The second kappa shape index (κ2) is 5.89. The summed E-state index contributed by atoms with van der Waals surface area (Å²) in [6.45, 7) is 0.0508. The van der Waals surface area contributed by atoms with Crippen molar-refractivity contribution in [3.05, 3.63) is 48.3 Å². The molecule has 3 N–H and O–H groups in total. The van der Waals surface area contributed by atoms with Gasteiger partial charge in [-0.1, -0.05) is 6.07 Å². The minimum absolute atomic E-state index is 0.0508. The summed E-state index contributed by atoms with van der Waals surface area (Å²) in [5, 5.41) is 0. The number of nitrogens with zero attached hydrogens (tertiary/aromatic N) is 1. The van der Waals surface area contributed by atoms with Gasteiger partial charge in [-0.3, -0.25) is 9.71 Å². The zero-order valence-corrected chi connectivity index (χ0v) is 11.7. The molecule has 0 radical (unpaired) electrons. The fraction of sp³-hybridized carbons (Fsp3) is 0.154. The first-order valence-corrected chi connectivity index (χ1v) is 7.36. The van der Waals surface area contributed by atoms with Crippen molar-refractivity contribution in [2.24, 2.45) is 5.73 Å². The smallest absolute Gasteiger partial charge is 0.263 e. The Morgan fingerprint density at radius 3 is 2.80 bits per heavy atom. The topological polar surface area (TPSA) is 94.3 Å². The number of nitrogens with two attached hydrogens (primary N) is 1. The predicted molar refractivity (Wildman–Crippen MR) is 75.9 cm³/mol. The highest BCUT2D eigenvalue weighted by atomic mass is 32.2. The van der Waals surface area contributed by atoms with Crippen molar-refractivity contribution in [2.75, 3.05) is 11.8 Å². The molecule has 106 valence electrons. The molecular weight excluding hydrogens is 278 g/mol. The maximum Gasteiger partial charge on any atom is 0.263 e. The summed E-state index contributed by atoms with van der Waals surface area (Å²) in [5.74, 6) is 0.565. The SMILES string of the molecule is COc1cccc(NS(=O)(=O)c2cccnc2CN)c1. The van der Waals surface area contributed by atoms with Gasteiger partial charge in [0.25, 0.3) is 10.0 Å². The first-order valence-electron chi connectivity index (χ1n) is 5.87. The number of nitrogens with one attached hydrogen (secondary N) is 1. The molecule has 0 aliphatic carbocycles. The molecule has 0 unspecified atom stereocenters. The summed E-state index contributed by atoms with van der Waals surface area (Å²) in [6.07, 6.45) is 1.51. The lowest BCUT2D eigenvalue weighted by Gasteiger charge is -2.11. The number of ether oxygens (including phenoxy) is 1. The van der Waals surface area contributed by atoms with E-state index >= 15 is 0 Å². The van der Waals surface area contributed by atoms with Crippen LogP contribution in [0.25, 0.3) is 0 Å². The van der Waals surface area contributed by atoms with Gasteiger partial charge in [-0.25, -0.2) is 8.42 Å². The van der Waals surface area contributed by atoms with Gasteiger partial charge in [-0.2, -0.15) is 0 Å². The summed E-state index contributed by atoms with van der Waals surface area (Å²) >= 11 is 0. The number of rotatable bonds is 5. The number of benzene rings is 1. The number of aromatic nitrogens is 1. The monoisotopic (exact) mass is 293 g/mol. The molecule has 2 aromatic rings. The van der Waals surface area contributed by atoms with Crippen molar-refractivity contribution < 1.29 is 13.2 Å². The molecule has 0 spiro atoms. The fourth-order valence-corrected chi connectivity index (χ4v) is 2.97. The fourth-order valence-electron chi connectivity index (χ4n) is 1.72. The van der Waals surface area contributed by atoms with E-state index in [2.05, 4.69) is 9.71 Å². The lowest BCUT2D eigenvalue weighted by atomic mass is 10.3. The molecule has 1 aromatic heterocycles. The lowest BCUT2D eigenvalue weighted by Crippen LogP contribution is -2.17. The van der Waals surface area contributed by atoms with Crippen molar-refractivity contribution >= 4 is 15.7 Å². The number of sulfonamides is 1. The Bertz CT molecular complexity index is 702. The molecule has 0 fully saturated rings. The highest BCUT2D eigenvalue weighted by Crippen LogP contribution is 2.21. The Morgan fingerprint density at radius 1 is 1.30 bits per heavy atom. The Balaban J connectivity index is 2.35. The Kier molecular flexibility index (Phi) is 4.21. The maximum atomic E-state index is 12.3. The van der Waals surface area contributed by atoms with Crippen LogP contribution in [0.5, 0.6) is 5.75 Å². The Hall–Kier alpha value is -2.12. The Morgan fingerprint density at radius 2 is 2.10 bits per heavy atom. The first kappa shape index (κ1) is 14.3. The van der Waals surface area contributed by atoms with E-state index in [4.69, 9.17) is 10.5 Å². The molecular formula is C13H15N3O3S. The largest absolute Gasteiger partial charge is 0.497 e. The van der Waals surface area contributed by atoms with E-state index in [1.54, 1.807) is 30.3 Å². The average Bonchev–Trinajstić information content (AvgIpc) is 2.47. The van der Waals surface area contributed by atoms with Crippen LogP contribution in [0.2, 0.25) is 0 Å². The molecule has 0 aliphatic heterocycles. The minimum Gasteiger partial charge on any atom is -0.497 e. The molecule has 0 bridgehead atoms. The van der Waals surface area contributed by atoms with Crippen LogP contribution in [0.4, 0.5) is 5.69 Å². The number of anilines is 1. The van der Waals surface area contributed by atoms with E-state index in [0.29, 0.717) is 17.1 Å². The van der Waals surface area contributed by atoms with Gasteiger partial charge in [0, 0.05) is 18.8 Å². The highest BCUT2D eigenvalue weighted by molar-refractivity contribution is 7.92. The predicted octanol–water partition coefficient (Wildman–Crippen LogP) is 1.35. The van der Waals surface area contributed by atoms with Crippen LogP contribution in [0.1, 0.15) is 5.69 Å². The van der Waals surface area contributed by atoms with Gasteiger partial charge in [0.05, 0.1) is 18.5 Å². The van der Waals surface area contributed by atoms with Crippen LogP contribution in [-0.4, -0.2) is 20.5 Å². The molecule has 0 saturated carbocycles. The molecule has 0 aliphatic rings. The third-order valence-electron chi connectivity index (χ3n) is 2.65. The van der Waals surface area contributed by atoms with Gasteiger partial charge >= 0.3 is 0 Å². The van der Waals surface area contributed by atoms with Crippen LogP contribution < -0.4 is 15.2 Å². The molecule has 7 heteroatoms. The first-order chi connectivity index (χ1) is 9.56. The van der Waals surface area contributed by atoms with E-state index in [1.165, 1.54) is 19.4 Å². The van der Waals surface area contributed by atoms with Crippen LogP contribution in [0.3, 0.4) is 0 Å². The third kappa shape index (κ3) is 3.06. The van der Waals surface area contributed by atoms with Crippen LogP contribution in [0.15, 0.2) is 47.5 Å². The van der Waals surface area contributed by atoms with Gasteiger partial charge < -0.3 is 10.5 Å². The second-order valence-electron chi connectivity index (χ2n) is 3.99. The molecule has 1 heterocycles. The minimum atomic E-state index is -3.73. The zero-order chi connectivity index (χ0) is 14.6. The van der Waals surface area contributed by atoms with Crippen LogP contribution >= 0.6 is 0 Å². The van der Waals surface area contributed by atoms with E-state index in [9.17, 15) is 8.42 Å². The van der Waals surface area contributed by atoms with Gasteiger partial charge in [0.15, 0.2) is 0 Å². The highest BCUT2D eigenvalue weighted by Gasteiger charge is 2.18. The average molecular weight is 293 g/mol. The molecule has 20 heavy (non-hydrogen) atoms. The third-order valence-corrected chi connectivity index (χ3v) is 4.11. The van der Waals surface area contributed by atoms with Crippen molar-refractivity contribution in [1.29, 1.82) is 0 Å². The van der Waals surface area contributed by atoms with Gasteiger partial charge in [0.1, 0.15) is 10.6 Å². The molecule has 0 amide bonds. The Labute approximate surface area is 117 Å². The van der Waals surface area contributed by atoms with Crippen molar-refractivity contribution in [3.8, 4) is 5.75 Å². The number of pyridine rings is 1. The van der Waals surface area contributed by atoms with Gasteiger partial charge in [-0.05, 0) is 24.3 Å². The summed E-state index contributed by atoms with van der Waals surface area (Å²) < 4.78 is 32.2. The maximum absolute atomic E-state index is 12.3. The molecule has 0 atom stereocenters. The van der Waals surface area contributed by atoms with Crippen LogP contribution in [-0.2, 0) is 16.6 Å². The van der Waals surface area contributed by atoms with E-state index in [-0.39, 0.29) is 11.4 Å². The van der Waals surface area contributed by atoms with Crippen molar-refractivity contribution in [3.63, 3.8) is 0 Å². The second-order valence-corrected chi connectivity index (χ2v) is 5.64. The number of hydrogen-bond acceptors (Lipinski definition) is 5. The van der Waals surface area contributed by atoms with Crippen molar-refractivity contribution in [1.82, 2.24) is 4.98 Å². The van der Waals surface area contributed by atoms with Crippen molar-refractivity contribution in [2.45, 2.75) is 11.4 Å². The summed E-state index contributed by atoms with van der Waals surface area (Å²) in [5.41, 5.74) is 6.25. The van der Waals surface area contributed by atoms with Gasteiger partial charge in [0.2, 0.25) is 0 Å². The molecule has 2 rings (SSSR count). The molecule has 6 nitrogen and oxygen atoms in total. The zero-order valence-electron chi connectivity index (χ0n) is 10.9. The van der Waals surface area contributed by atoms with E-state index < -0.39 is 10.0 Å². The molecule has 1 aromatic carbocycles. The lowest BCUT2D eigenvalue weighted by molar-refractivity contribution is 0.415. The van der Waals surface area contributed by atoms with E-state index in [0.717, 1.165) is 0 Å². The normalized spacial score (nSPS) is 11.1. The molecule has 0 saturated heterocycles.